The van der Waals surface area contributed by atoms with Gasteiger partial charge in [0.1, 0.15) is 12.6 Å². The van der Waals surface area contributed by atoms with Crippen LogP contribution in [0.4, 0.5) is 0 Å². The first-order chi connectivity index (χ1) is 9.22. The van der Waals surface area contributed by atoms with Gasteiger partial charge in [-0.05, 0) is 13.0 Å². The Morgan fingerprint density at radius 2 is 2.05 bits per heavy atom. The van der Waals surface area contributed by atoms with Crippen LogP contribution in [0, 0.1) is 0 Å². The van der Waals surface area contributed by atoms with Gasteiger partial charge in [-0.1, -0.05) is 18.2 Å². The fourth-order valence-electron chi connectivity index (χ4n) is 2.41. The smallest absolute Gasteiger partial charge is 0.405 e. The van der Waals surface area contributed by atoms with Crippen LogP contribution in [0.5, 0.6) is 0 Å². The predicted molar refractivity (Wildman–Crippen MR) is 72.9 cm³/mol. The van der Waals surface area contributed by atoms with Crippen LogP contribution in [0.2, 0.25) is 0 Å². The molecular weight excluding hydrogens is 240 g/mol. The number of hydrogen-bond acceptors (Lipinski definition) is 2. The molecule has 4 heteroatoms. The summed E-state index contributed by atoms with van der Waals surface area (Å²) in [4.78, 5) is 15.4. The molecule has 4 nitrogen and oxygen atoms in total. The van der Waals surface area contributed by atoms with Gasteiger partial charge in [-0.3, -0.25) is 0 Å². The zero-order chi connectivity index (χ0) is 13.4. The van der Waals surface area contributed by atoms with E-state index in [1.807, 2.05) is 50.5 Å². The Balaban J connectivity index is 2.36. The van der Waals surface area contributed by atoms with Crippen LogP contribution in [-0.2, 0) is 11.8 Å². The van der Waals surface area contributed by atoms with E-state index in [1.165, 1.54) is 0 Å². The summed E-state index contributed by atoms with van der Waals surface area (Å²) in [6, 6.07) is 10.0. The monoisotopic (exact) mass is 255 g/mol. The number of esters is 1. The Labute approximate surface area is 110 Å². The van der Waals surface area contributed by atoms with E-state index in [2.05, 4.69) is 4.98 Å². The van der Waals surface area contributed by atoms with Gasteiger partial charge in [0.15, 0.2) is 6.20 Å². The molecule has 96 valence electrons. The molecule has 0 spiro atoms. The number of aromatic nitrogens is 2. The number of ether oxygens (including phenoxy) is 1. The summed E-state index contributed by atoms with van der Waals surface area (Å²) in [6.07, 6.45) is 1.88. The summed E-state index contributed by atoms with van der Waals surface area (Å²) in [5.41, 5.74) is 2.40. The van der Waals surface area contributed by atoms with E-state index in [9.17, 15) is 4.79 Å². The molecule has 3 aromatic rings. The summed E-state index contributed by atoms with van der Waals surface area (Å²) in [6.45, 7) is 2.18. The van der Waals surface area contributed by atoms with E-state index in [-0.39, 0.29) is 5.97 Å². The molecule has 1 N–H and O–H groups in total. The highest BCUT2D eigenvalue weighted by Gasteiger charge is 2.24. The third-order valence-corrected chi connectivity index (χ3v) is 3.27. The van der Waals surface area contributed by atoms with Crippen molar-refractivity contribution < 1.29 is 14.1 Å². The van der Waals surface area contributed by atoms with E-state index < -0.39 is 0 Å². The minimum Gasteiger partial charge on any atom is -0.458 e. The maximum atomic E-state index is 12.1. The number of benzene rings is 1. The second-order valence-corrected chi connectivity index (χ2v) is 4.45. The maximum absolute atomic E-state index is 12.1. The van der Waals surface area contributed by atoms with E-state index in [4.69, 9.17) is 4.74 Å². The van der Waals surface area contributed by atoms with Crippen LogP contribution in [-0.4, -0.2) is 17.6 Å². The molecule has 2 aromatic heterocycles. The quantitative estimate of drug-likeness (QED) is 0.564. The molecular formula is C15H15N2O2+. The van der Waals surface area contributed by atoms with E-state index >= 15 is 0 Å². The van der Waals surface area contributed by atoms with Crippen LogP contribution < -0.4 is 4.57 Å². The normalized spacial score (nSPS) is 11.1. The number of carbonyl (C=O) groups excluding carboxylic acids is 1. The molecule has 0 atom stereocenters. The number of aromatic amines is 1. The lowest BCUT2D eigenvalue weighted by Gasteiger charge is -2.01. The van der Waals surface area contributed by atoms with Gasteiger partial charge < -0.3 is 9.72 Å². The molecule has 0 saturated heterocycles. The Hall–Kier alpha value is -2.36. The summed E-state index contributed by atoms with van der Waals surface area (Å²) >= 11 is 0. The second-order valence-electron chi connectivity index (χ2n) is 4.45. The molecule has 0 unspecified atom stereocenters. The average Bonchev–Trinajstić information content (AvgIpc) is 2.76. The number of carbonyl (C=O) groups is 1. The number of para-hydroxylation sites is 1. The first-order valence-corrected chi connectivity index (χ1v) is 6.28. The summed E-state index contributed by atoms with van der Waals surface area (Å²) < 4.78 is 6.92. The molecule has 0 aliphatic heterocycles. The number of nitrogens with zero attached hydrogens (tertiary/aromatic N) is 1. The zero-order valence-corrected chi connectivity index (χ0v) is 10.9. The van der Waals surface area contributed by atoms with E-state index in [1.54, 1.807) is 4.57 Å². The number of fused-ring (bicyclic) bond motifs is 3. The largest absolute Gasteiger partial charge is 0.458 e. The van der Waals surface area contributed by atoms with Crippen molar-refractivity contribution in [3.05, 3.63) is 42.2 Å². The van der Waals surface area contributed by atoms with Crippen molar-refractivity contribution in [2.75, 3.05) is 6.61 Å². The topological polar surface area (TPSA) is 46.0 Å². The van der Waals surface area contributed by atoms with Gasteiger partial charge in [-0.15, -0.1) is 0 Å². The average molecular weight is 255 g/mol. The molecule has 3 rings (SSSR count). The van der Waals surface area contributed by atoms with Crippen molar-refractivity contribution in [2.45, 2.75) is 6.92 Å². The van der Waals surface area contributed by atoms with Gasteiger partial charge in [0.05, 0.1) is 6.61 Å². The molecule has 0 saturated carbocycles. The van der Waals surface area contributed by atoms with Crippen LogP contribution in [0.15, 0.2) is 36.5 Å². The number of H-pyrrole nitrogens is 1. The highest BCUT2D eigenvalue weighted by Crippen LogP contribution is 2.25. The number of aryl methyl sites for hydroxylation is 1. The van der Waals surface area contributed by atoms with Crippen LogP contribution in [0.25, 0.3) is 21.8 Å². The number of hydrogen-bond donors (Lipinski definition) is 1. The fourth-order valence-corrected chi connectivity index (χ4v) is 2.41. The Morgan fingerprint density at radius 1 is 1.26 bits per heavy atom. The number of rotatable bonds is 2. The SMILES string of the molecule is CCOC(=O)c1c2[nH]c3ccccc3c2cc[n+]1C. The van der Waals surface area contributed by atoms with Gasteiger partial charge >= 0.3 is 11.7 Å². The summed E-state index contributed by atoms with van der Waals surface area (Å²) in [5, 5.41) is 2.15. The molecule has 0 radical (unpaired) electrons. The van der Waals surface area contributed by atoms with Crippen molar-refractivity contribution in [3.8, 4) is 0 Å². The first-order valence-electron chi connectivity index (χ1n) is 6.28. The van der Waals surface area contributed by atoms with Crippen LogP contribution in [0.3, 0.4) is 0 Å². The van der Waals surface area contributed by atoms with E-state index in [0.717, 1.165) is 21.8 Å². The summed E-state index contributed by atoms with van der Waals surface area (Å²) in [7, 11) is 1.84. The minimum absolute atomic E-state index is 0.304. The molecule has 0 bridgehead atoms. The molecule has 2 heterocycles. The third-order valence-electron chi connectivity index (χ3n) is 3.27. The zero-order valence-electron chi connectivity index (χ0n) is 10.9. The van der Waals surface area contributed by atoms with Crippen molar-refractivity contribution in [1.29, 1.82) is 0 Å². The van der Waals surface area contributed by atoms with Crippen molar-refractivity contribution in [3.63, 3.8) is 0 Å². The van der Waals surface area contributed by atoms with Gasteiger partial charge in [-0.2, -0.15) is 4.57 Å². The number of pyridine rings is 1. The van der Waals surface area contributed by atoms with Gasteiger partial charge in [0.2, 0.25) is 0 Å². The van der Waals surface area contributed by atoms with Gasteiger partial charge in [0, 0.05) is 22.4 Å². The molecule has 0 aliphatic rings. The van der Waals surface area contributed by atoms with Crippen LogP contribution in [0.1, 0.15) is 17.4 Å². The minimum atomic E-state index is -0.304. The Morgan fingerprint density at radius 3 is 2.84 bits per heavy atom. The van der Waals surface area contributed by atoms with Gasteiger partial charge in [0.25, 0.3) is 0 Å². The molecule has 0 aliphatic carbocycles. The maximum Gasteiger partial charge on any atom is 0.405 e. The fraction of sp³-hybridized carbons (Fsp3) is 0.200. The molecule has 19 heavy (non-hydrogen) atoms. The van der Waals surface area contributed by atoms with Crippen molar-refractivity contribution >= 4 is 27.8 Å². The third kappa shape index (κ3) is 1.76. The van der Waals surface area contributed by atoms with Gasteiger partial charge in [-0.25, -0.2) is 4.79 Å². The van der Waals surface area contributed by atoms with E-state index in [0.29, 0.717) is 12.3 Å². The second kappa shape index (κ2) is 4.39. The van der Waals surface area contributed by atoms with Crippen molar-refractivity contribution in [1.82, 2.24) is 4.98 Å². The first kappa shape index (κ1) is 11.7. The summed E-state index contributed by atoms with van der Waals surface area (Å²) in [5.74, 6) is -0.304. The van der Waals surface area contributed by atoms with Crippen molar-refractivity contribution in [2.24, 2.45) is 7.05 Å². The molecule has 1 aromatic carbocycles. The lowest BCUT2D eigenvalue weighted by Crippen LogP contribution is -2.36. The molecule has 0 amide bonds. The highest BCUT2D eigenvalue weighted by atomic mass is 16.5. The number of nitrogens with one attached hydrogen (secondary N) is 1. The Kier molecular flexibility index (Phi) is 2.71. The predicted octanol–water partition coefficient (Wildman–Crippen LogP) is 2.32. The molecule has 0 fully saturated rings. The Bertz CT molecular complexity index is 774. The highest BCUT2D eigenvalue weighted by molar-refractivity contribution is 6.12. The lowest BCUT2D eigenvalue weighted by atomic mass is 10.1. The lowest BCUT2D eigenvalue weighted by molar-refractivity contribution is -0.672. The van der Waals surface area contributed by atoms with Crippen LogP contribution >= 0.6 is 0 Å². The standard InChI is InChI=1S/C15H14N2O2/c1-3-19-15(18)14-13-11(8-9-17(14)2)10-6-4-5-7-12(10)16-13/h4-9H,3H2,1-2H3/p+1.